The molecule has 2 amide bonds. The zero-order valence-corrected chi connectivity index (χ0v) is 19.8. The van der Waals surface area contributed by atoms with Crippen molar-refractivity contribution in [1.29, 1.82) is 0 Å². The highest BCUT2D eigenvalue weighted by atomic mass is 16.5. The molecule has 0 aromatic heterocycles. The molecule has 0 saturated heterocycles. The van der Waals surface area contributed by atoms with Gasteiger partial charge in [0.1, 0.15) is 6.61 Å². The number of nitrogens with one attached hydrogen (secondary N) is 2. The summed E-state index contributed by atoms with van der Waals surface area (Å²) in [6.07, 6.45) is 4.30. The van der Waals surface area contributed by atoms with Crippen molar-refractivity contribution in [1.82, 2.24) is 10.6 Å². The maximum Gasteiger partial charge on any atom is 0.407 e. The Balaban J connectivity index is 1.12. The van der Waals surface area contributed by atoms with Gasteiger partial charge in [-0.1, -0.05) is 61.4 Å². The largest absolute Gasteiger partial charge is 0.481 e. The van der Waals surface area contributed by atoms with E-state index in [9.17, 15) is 19.5 Å². The van der Waals surface area contributed by atoms with E-state index in [0.29, 0.717) is 25.8 Å². The van der Waals surface area contributed by atoms with Gasteiger partial charge in [0.15, 0.2) is 0 Å². The molecule has 2 atom stereocenters. The Labute approximate surface area is 205 Å². The summed E-state index contributed by atoms with van der Waals surface area (Å²) in [4.78, 5) is 36.9. The monoisotopic (exact) mass is 476 g/mol. The molecule has 5 rings (SSSR count). The van der Waals surface area contributed by atoms with Crippen molar-refractivity contribution in [3.05, 3.63) is 59.7 Å². The Morgan fingerprint density at radius 1 is 0.914 bits per heavy atom. The van der Waals surface area contributed by atoms with Gasteiger partial charge in [0.25, 0.3) is 0 Å². The van der Waals surface area contributed by atoms with E-state index in [0.717, 1.165) is 30.4 Å². The highest BCUT2D eigenvalue weighted by molar-refractivity contribution is 5.86. The SMILES string of the molecule is O=C(NCC1(C(=O)NCC2CCCCC2C(=O)O)CC1)OCC1c2ccccc2-c2ccccc21. The number of benzene rings is 2. The average Bonchev–Trinajstić information content (AvgIpc) is 3.61. The Morgan fingerprint density at radius 3 is 2.17 bits per heavy atom. The third-order valence-corrected chi connectivity index (χ3v) is 8.00. The highest BCUT2D eigenvalue weighted by Gasteiger charge is 2.50. The first kappa shape index (κ1) is 23.4. The summed E-state index contributed by atoms with van der Waals surface area (Å²) in [5, 5.41) is 15.2. The zero-order chi connectivity index (χ0) is 24.4. The maximum absolute atomic E-state index is 12.8. The van der Waals surface area contributed by atoms with Crippen LogP contribution in [0.5, 0.6) is 0 Å². The molecule has 0 radical (unpaired) electrons. The molecule has 2 fully saturated rings. The first-order valence-corrected chi connectivity index (χ1v) is 12.6. The second-order valence-electron chi connectivity index (χ2n) is 10.2. The molecule has 2 aromatic rings. The summed E-state index contributed by atoms with van der Waals surface area (Å²) < 4.78 is 5.59. The predicted octanol–water partition coefficient (Wildman–Crippen LogP) is 4.31. The topological polar surface area (TPSA) is 105 Å². The standard InChI is InChI=1S/C28H32N2O5/c31-25(32)19-8-2-1-7-18(19)15-29-26(33)28(13-14-28)17-30-27(34)35-16-24-22-11-5-3-9-20(22)21-10-4-6-12-23(21)24/h3-6,9-12,18-19,24H,1-2,7-8,13-17H2,(H,29,33)(H,30,34)(H,31,32). The van der Waals surface area contributed by atoms with Crippen LogP contribution in [0.2, 0.25) is 0 Å². The van der Waals surface area contributed by atoms with Crippen LogP contribution < -0.4 is 10.6 Å². The fourth-order valence-corrected chi connectivity index (χ4v) is 5.71. The summed E-state index contributed by atoms with van der Waals surface area (Å²) in [7, 11) is 0. The van der Waals surface area contributed by atoms with Crippen LogP contribution in [0.3, 0.4) is 0 Å². The lowest BCUT2D eigenvalue weighted by Crippen LogP contribution is -2.44. The van der Waals surface area contributed by atoms with Gasteiger partial charge in [0.2, 0.25) is 5.91 Å². The molecule has 7 heteroatoms. The lowest BCUT2D eigenvalue weighted by molar-refractivity contribution is -0.145. The highest BCUT2D eigenvalue weighted by Crippen LogP contribution is 2.46. The number of amides is 2. The Morgan fingerprint density at radius 2 is 1.54 bits per heavy atom. The van der Waals surface area contributed by atoms with Gasteiger partial charge in [-0.15, -0.1) is 0 Å². The molecule has 0 aliphatic heterocycles. The van der Waals surface area contributed by atoms with Crippen molar-refractivity contribution >= 4 is 18.0 Å². The fraction of sp³-hybridized carbons (Fsp3) is 0.464. The summed E-state index contributed by atoms with van der Waals surface area (Å²) >= 11 is 0. The predicted molar refractivity (Wildman–Crippen MR) is 131 cm³/mol. The van der Waals surface area contributed by atoms with Crippen LogP contribution in [-0.4, -0.2) is 42.8 Å². The van der Waals surface area contributed by atoms with Gasteiger partial charge in [-0.2, -0.15) is 0 Å². The molecule has 35 heavy (non-hydrogen) atoms. The minimum atomic E-state index is -0.776. The maximum atomic E-state index is 12.8. The number of carbonyl (C=O) groups is 3. The van der Waals surface area contributed by atoms with Gasteiger partial charge in [-0.05, 0) is 53.9 Å². The number of hydrogen-bond donors (Lipinski definition) is 3. The van der Waals surface area contributed by atoms with Crippen molar-refractivity contribution < 1.29 is 24.2 Å². The third kappa shape index (κ3) is 4.77. The van der Waals surface area contributed by atoms with Gasteiger partial charge in [0, 0.05) is 19.0 Å². The van der Waals surface area contributed by atoms with E-state index in [4.69, 9.17) is 4.74 Å². The first-order chi connectivity index (χ1) is 17.0. The minimum Gasteiger partial charge on any atom is -0.481 e. The summed E-state index contributed by atoms with van der Waals surface area (Å²) in [6, 6.07) is 16.4. The number of rotatable bonds is 8. The van der Waals surface area contributed by atoms with Crippen LogP contribution in [-0.2, 0) is 14.3 Å². The van der Waals surface area contributed by atoms with E-state index in [1.165, 1.54) is 11.1 Å². The normalized spacial score (nSPS) is 21.9. The van der Waals surface area contributed by atoms with E-state index in [-0.39, 0.29) is 30.9 Å². The lowest BCUT2D eigenvalue weighted by Gasteiger charge is -2.29. The molecule has 3 aliphatic carbocycles. The molecule has 0 spiro atoms. The van der Waals surface area contributed by atoms with Crippen molar-refractivity contribution in [2.75, 3.05) is 19.7 Å². The van der Waals surface area contributed by atoms with Crippen LogP contribution in [0, 0.1) is 17.3 Å². The second-order valence-corrected chi connectivity index (χ2v) is 10.2. The number of carboxylic acids is 1. The van der Waals surface area contributed by atoms with Crippen LogP contribution >= 0.6 is 0 Å². The number of aliphatic carboxylic acids is 1. The molecule has 0 bridgehead atoms. The molecule has 0 heterocycles. The molecule has 184 valence electrons. The van der Waals surface area contributed by atoms with E-state index >= 15 is 0 Å². The van der Waals surface area contributed by atoms with E-state index in [2.05, 4.69) is 34.9 Å². The number of carboxylic acid groups (broad SMARTS) is 1. The van der Waals surface area contributed by atoms with E-state index < -0.39 is 23.4 Å². The van der Waals surface area contributed by atoms with Gasteiger partial charge in [-0.3, -0.25) is 9.59 Å². The molecule has 2 saturated carbocycles. The first-order valence-electron chi connectivity index (χ1n) is 12.6. The van der Waals surface area contributed by atoms with Gasteiger partial charge >= 0.3 is 12.1 Å². The van der Waals surface area contributed by atoms with Crippen LogP contribution in [0.1, 0.15) is 55.6 Å². The quantitative estimate of drug-likeness (QED) is 0.527. The Bertz CT molecular complexity index is 1080. The summed E-state index contributed by atoms with van der Waals surface area (Å²) in [6.45, 7) is 0.836. The lowest BCUT2D eigenvalue weighted by atomic mass is 9.79. The van der Waals surface area contributed by atoms with Gasteiger partial charge in [-0.25, -0.2) is 4.79 Å². The van der Waals surface area contributed by atoms with Crippen molar-refractivity contribution in [2.45, 2.75) is 44.4 Å². The number of hydrogen-bond acceptors (Lipinski definition) is 4. The minimum absolute atomic E-state index is 0.0102. The Hall–Kier alpha value is -3.35. The third-order valence-electron chi connectivity index (χ3n) is 8.00. The summed E-state index contributed by atoms with van der Waals surface area (Å²) in [5.41, 5.74) is 4.05. The number of alkyl carbamates (subject to hydrolysis) is 1. The number of fused-ring (bicyclic) bond motifs is 3. The number of ether oxygens (including phenoxy) is 1. The van der Waals surface area contributed by atoms with Crippen molar-refractivity contribution in [3.63, 3.8) is 0 Å². The molecule has 3 N–H and O–H groups in total. The smallest absolute Gasteiger partial charge is 0.407 e. The molecular formula is C28H32N2O5. The van der Waals surface area contributed by atoms with Crippen LogP contribution in [0.25, 0.3) is 11.1 Å². The van der Waals surface area contributed by atoms with Crippen LogP contribution in [0.4, 0.5) is 4.79 Å². The van der Waals surface area contributed by atoms with E-state index in [1.54, 1.807) is 0 Å². The second kappa shape index (κ2) is 9.72. The van der Waals surface area contributed by atoms with E-state index in [1.807, 2.05) is 24.3 Å². The molecular weight excluding hydrogens is 444 g/mol. The van der Waals surface area contributed by atoms with Gasteiger partial charge in [0.05, 0.1) is 11.3 Å². The molecule has 2 unspecified atom stereocenters. The molecule has 3 aliphatic rings. The van der Waals surface area contributed by atoms with Crippen LogP contribution in [0.15, 0.2) is 48.5 Å². The number of carbonyl (C=O) groups excluding carboxylic acids is 2. The fourth-order valence-electron chi connectivity index (χ4n) is 5.71. The van der Waals surface area contributed by atoms with Crippen molar-refractivity contribution in [2.24, 2.45) is 17.3 Å². The molecule has 2 aromatic carbocycles. The zero-order valence-electron chi connectivity index (χ0n) is 19.8. The summed E-state index contributed by atoms with van der Waals surface area (Å²) in [5.74, 6) is -1.31. The van der Waals surface area contributed by atoms with Gasteiger partial charge < -0.3 is 20.5 Å². The average molecular weight is 477 g/mol. The Kier molecular flexibility index (Phi) is 6.50. The van der Waals surface area contributed by atoms with Crippen molar-refractivity contribution in [3.8, 4) is 11.1 Å². The molecule has 7 nitrogen and oxygen atoms in total.